The Hall–Kier alpha value is -0.250. The zero-order valence-electron chi connectivity index (χ0n) is 9.76. The van der Waals surface area contributed by atoms with Gasteiger partial charge in [-0.1, -0.05) is 25.4 Å². The lowest BCUT2D eigenvalue weighted by Crippen LogP contribution is -2.33. The zero-order chi connectivity index (χ0) is 12.1. The van der Waals surface area contributed by atoms with E-state index in [1.165, 1.54) is 0 Å². The van der Waals surface area contributed by atoms with Gasteiger partial charge in [0.25, 0.3) is 0 Å². The highest BCUT2D eigenvalue weighted by molar-refractivity contribution is 9.10. The van der Waals surface area contributed by atoms with Crippen LogP contribution in [-0.4, -0.2) is 19.7 Å². The molecule has 0 saturated heterocycles. The molecule has 0 saturated carbocycles. The van der Waals surface area contributed by atoms with Gasteiger partial charge in [-0.15, -0.1) is 0 Å². The highest BCUT2D eigenvalue weighted by Gasteiger charge is 2.15. The summed E-state index contributed by atoms with van der Waals surface area (Å²) in [7, 11) is 1.93. The topological polar surface area (TPSA) is 21.3 Å². The predicted molar refractivity (Wildman–Crippen MR) is 72.3 cm³/mol. The summed E-state index contributed by atoms with van der Waals surface area (Å²) in [6.45, 7) is 5.12. The van der Waals surface area contributed by atoms with Crippen molar-refractivity contribution in [3.05, 3.63) is 27.7 Å². The van der Waals surface area contributed by atoms with Crippen LogP contribution in [-0.2, 0) is 0 Å². The Kier molecular flexibility index (Phi) is 5.59. The average Bonchev–Trinajstić information content (AvgIpc) is 2.20. The van der Waals surface area contributed by atoms with Crippen LogP contribution in [0.1, 0.15) is 13.8 Å². The van der Waals surface area contributed by atoms with Crippen molar-refractivity contribution in [3.8, 4) is 5.75 Å². The highest BCUT2D eigenvalue weighted by atomic mass is 79.9. The summed E-state index contributed by atoms with van der Waals surface area (Å²) >= 11 is 9.33. The van der Waals surface area contributed by atoms with Crippen LogP contribution in [0.5, 0.6) is 5.75 Å². The fourth-order valence-corrected chi connectivity index (χ4v) is 2.12. The molecule has 1 atom stereocenters. The first-order valence-electron chi connectivity index (χ1n) is 5.31. The quantitative estimate of drug-likeness (QED) is 0.895. The molecule has 4 heteroatoms. The number of hydrogen-bond donors (Lipinski definition) is 1. The molecule has 0 aromatic heterocycles. The van der Waals surface area contributed by atoms with Crippen LogP contribution in [0.15, 0.2) is 22.7 Å². The van der Waals surface area contributed by atoms with E-state index >= 15 is 0 Å². The molecule has 0 amide bonds. The zero-order valence-corrected chi connectivity index (χ0v) is 12.1. The van der Waals surface area contributed by atoms with Gasteiger partial charge in [-0.3, -0.25) is 0 Å². The van der Waals surface area contributed by atoms with Gasteiger partial charge in [-0.05, 0) is 47.1 Å². The molecule has 1 rings (SSSR count). The van der Waals surface area contributed by atoms with E-state index in [1.807, 2.05) is 25.2 Å². The lowest BCUT2D eigenvalue weighted by molar-refractivity contribution is 0.150. The number of halogens is 2. The Morgan fingerprint density at radius 2 is 2.12 bits per heavy atom. The molecule has 0 aliphatic heterocycles. The van der Waals surface area contributed by atoms with Crippen LogP contribution < -0.4 is 10.1 Å². The summed E-state index contributed by atoms with van der Waals surface area (Å²) in [5.74, 6) is 1.29. The van der Waals surface area contributed by atoms with E-state index in [9.17, 15) is 0 Å². The predicted octanol–water partition coefficient (Wildman–Crippen LogP) is 3.73. The number of hydrogen-bond acceptors (Lipinski definition) is 2. The molecule has 0 aliphatic rings. The maximum absolute atomic E-state index is 5.93. The second-order valence-electron chi connectivity index (χ2n) is 4.03. The van der Waals surface area contributed by atoms with E-state index in [2.05, 4.69) is 35.1 Å². The first kappa shape index (κ1) is 13.8. The Bertz CT molecular complexity index is 344. The minimum Gasteiger partial charge on any atom is -0.488 e. The standard InChI is InChI=1S/C12H17BrClNO/c1-8(2)12(7-15-3)16-11-5-4-9(14)6-10(11)13/h4-6,8,12,15H,7H2,1-3H3. The molecule has 1 N–H and O–H groups in total. The third-order valence-corrected chi connectivity index (χ3v) is 3.18. The highest BCUT2D eigenvalue weighted by Crippen LogP contribution is 2.29. The SMILES string of the molecule is CNCC(Oc1ccc(Cl)cc1Br)C(C)C. The summed E-state index contributed by atoms with van der Waals surface area (Å²) < 4.78 is 6.82. The average molecular weight is 307 g/mol. The van der Waals surface area contributed by atoms with E-state index in [-0.39, 0.29) is 6.10 Å². The van der Waals surface area contributed by atoms with E-state index in [0.717, 1.165) is 16.8 Å². The van der Waals surface area contributed by atoms with Crippen LogP contribution in [0.25, 0.3) is 0 Å². The van der Waals surface area contributed by atoms with Crippen molar-refractivity contribution in [1.29, 1.82) is 0 Å². The van der Waals surface area contributed by atoms with Crippen LogP contribution >= 0.6 is 27.5 Å². The molecule has 16 heavy (non-hydrogen) atoms. The Labute approximate surface area is 110 Å². The van der Waals surface area contributed by atoms with Crippen LogP contribution in [0, 0.1) is 5.92 Å². The molecule has 0 radical (unpaired) electrons. The largest absolute Gasteiger partial charge is 0.488 e. The third-order valence-electron chi connectivity index (χ3n) is 2.32. The summed E-state index contributed by atoms with van der Waals surface area (Å²) in [4.78, 5) is 0. The van der Waals surface area contributed by atoms with E-state index < -0.39 is 0 Å². The van der Waals surface area contributed by atoms with Crippen LogP contribution in [0.3, 0.4) is 0 Å². The Morgan fingerprint density at radius 3 is 2.62 bits per heavy atom. The van der Waals surface area contributed by atoms with Crippen molar-refractivity contribution in [3.63, 3.8) is 0 Å². The minimum absolute atomic E-state index is 0.155. The van der Waals surface area contributed by atoms with Gasteiger partial charge < -0.3 is 10.1 Å². The number of rotatable bonds is 5. The van der Waals surface area contributed by atoms with Gasteiger partial charge in [0, 0.05) is 11.6 Å². The number of ether oxygens (including phenoxy) is 1. The minimum atomic E-state index is 0.155. The van der Waals surface area contributed by atoms with Crippen LogP contribution in [0.2, 0.25) is 5.02 Å². The van der Waals surface area contributed by atoms with E-state index in [1.54, 1.807) is 0 Å². The van der Waals surface area contributed by atoms with Crippen molar-refractivity contribution in [2.24, 2.45) is 5.92 Å². The second-order valence-corrected chi connectivity index (χ2v) is 5.32. The maximum atomic E-state index is 5.93. The molecule has 0 spiro atoms. The van der Waals surface area contributed by atoms with Gasteiger partial charge in [0.2, 0.25) is 0 Å². The van der Waals surface area contributed by atoms with Crippen LogP contribution in [0.4, 0.5) is 0 Å². The molecule has 0 fully saturated rings. The summed E-state index contributed by atoms with van der Waals surface area (Å²) in [5, 5.41) is 3.84. The third kappa shape index (κ3) is 3.96. The van der Waals surface area contributed by atoms with Gasteiger partial charge >= 0.3 is 0 Å². The fourth-order valence-electron chi connectivity index (χ4n) is 1.35. The van der Waals surface area contributed by atoms with E-state index in [4.69, 9.17) is 16.3 Å². The molecule has 1 unspecified atom stereocenters. The molecule has 0 aliphatic carbocycles. The normalized spacial score (nSPS) is 12.9. The van der Waals surface area contributed by atoms with Crippen molar-refractivity contribution in [2.75, 3.05) is 13.6 Å². The van der Waals surface area contributed by atoms with Crippen molar-refractivity contribution in [1.82, 2.24) is 5.32 Å². The molecular formula is C12H17BrClNO. The Balaban J connectivity index is 2.77. The molecule has 1 aromatic rings. The number of benzene rings is 1. The summed E-state index contributed by atoms with van der Waals surface area (Å²) in [6, 6.07) is 5.56. The van der Waals surface area contributed by atoms with E-state index in [0.29, 0.717) is 10.9 Å². The molecule has 0 heterocycles. The summed E-state index contributed by atoms with van der Waals surface area (Å²) in [6.07, 6.45) is 0.155. The van der Waals surface area contributed by atoms with Crippen molar-refractivity contribution >= 4 is 27.5 Å². The molecule has 1 aromatic carbocycles. The number of nitrogens with one attached hydrogen (secondary N) is 1. The lowest BCUT2D eigenvalue weighted by atomic mass is 10.1. The molecular weight excluding hydrogens is 289 g/mol. The Morgan fingerprint density at radius 1 is 1.44 bits per heavy atom. The first-order valence-corrected chi connectivity index (χ1v) is 6.48. The lowest BCUT2D eigenvalue weighted by Gasteiger charge is -2.23. The smallest absolute Gasteiger partial charge is 0.134 e. The van der Waals surface area contributed by atoms with Gasteiger partial charge in [0.15, 0.2) is 0 Å². The van der Waals surface area contributed by atoms with Gasteiger partial charge in [0.1, 0.15) is 11.9 Å². The maximum Gasteiger partial charge on any atom is 0.134 e. The first-order chi connectivity index (χ1) is 7.54. The van der Waals surface area contributed by atoms with Gasteiger partial charge in [-0.25, -0.2) is 0 Å². The number of likely N-dealkylation sites (N-methyl/N-ethyl adjacent to an activating group) is 1. The molecule has 0 bridgehead atoms. The monoisotopic (exact) mass is 305 g/mol. The fraction of sp³-hybridized carbons (Fsp3) is 0.500. The molecule has 2 nitrogen and oxygen atoms in total. The molecule has 90 valence electrons. The summed E-state index contributed by atoms with van der Waals surface area (Å²) in [5.41, 5.74) is 0. The van der Waals surface area contributed by atoms with Crippen molar-refractivity contribution in [2.45, 2.75) is 20.0 Å². The second kappa shape index (κ2) is 6.48. The van der Waals surface area contributed by atoms with Crippen molar-refractivity contribution < 1.29 is 4.74 Å². The van der Waals surface area contributed by atoms with Gasteiger partial charge in [0.05, 0.1) is 4.47 Å². The van der Waals surface area contributed by atoms with Gasteiger partial charge in [-0.2, -0.15) is 0 Å².